The van der Waals surface area contributed by atoms with Crippen molar-refractivity contribution in [1.29, 1.82) is 0 Å². The van der Waals surface area contributed by atoms with Crippen molar-refractivity contribution in [2.45, 2.75) is 39.5 Å². The van der Waals surface area contributed by atoms with Crippen molar-refractivity contribution < 1.29 is 4.74 Å². The Morgan fingerprint density at radius 3 is 2.62 bits per heavy atom. The molecule has 0 aliphatic heterocycles. The molecule has 2 aromatic rings. The number of hydrogen-bond acceptors (Lipinski definition) is 2. The zero-order valence-corrected chi connectivity index (χ0v) is 14.0. The number of aryl methyl sites for hydroxylation is 1. The van der Waals surface area contributed by atoms with Crippen LogP contribution in [-0.4, -0.2) is 16.7 Å². The fourth-order valence-electron chi connectivity index (χ4n) is 2.57. The molecule has 0 saturated heterocycles. The summed E-state index contributed by atoms with van der Waals surface area (Å²) in [5.74, 6) is 1.70. The van der Waals surface area contributed by atoms with Gasteiger partial charge in [0, 0.05) is 18.3 Å². The van der Waals surface area contributed by atoms with Crippen molar-refractivity contribution in [3.63, 3.8) is 0 Å². The molecule has 0 aliphatic carbocycles. The number of benzene rings is 1. The Kier molecular flexibility index (Phi) is 5.29. The lowest BCUT2D eigenvalue weighted by molar-refractivity contribution is 0.415. The van der Waals surface area contributed by atoms with Crippen LogP contribution in [0, 0.1) is 0 Å². The van der Waals surface area contributed by atoms with Gasteiger partial charge in [-0.1, -0.05) is 31.9 Å². The van der Waals surface area contributed by atoms with Crippen LogP contribution < -0.4 is 4.74 Å². The van der Waals surface area contributed by atoms with Gasteiger partial charge in [0.1, 0.15) is 11.6 Å². The van der Waals surface area contributed by atoms with Crippen molar-refractivity contribution in [3.05, 3.63) is 34.6 Å². The number of ether oxygens (including phenoxy) is 1. The molecule has 0 fully saturated rings. The number of halogens is 1. The van der Waals surface area contributed by atoms with Gasteiger partial charge in [-0.15, -0.1) is 0 Å². The lowest BCUT2D eigenvalue weighted by atomic mass is 10.1. The van der Waals surface area contributed by atoms with Crippen LogP contribution in [0.4, 0.5) is 0 Å². The normalized spacial score (nSPS) is 10.9. The van der Waals surface area contributed by atoms with Gasteiger partial charge in [0.15, 0.2) is 0 Å². The first-order valence-corrected chi connectivity index (χ1v) is 7.88. The van der Waals surface area contributed by atoms with E-state index in [9.17, 15) is 0 Å². The molecule has 1 aromatic heterocycles. The molecule has 21 heavy (non-hydrogen) atoms. The quantitative estimate of drug-likeness (QED) is 0.776. The molecule has 114 valence electrons. The number of hydrogen-bond donors (Lipinski definition) is 0. The van der Waals surface area contributed by atoms with Gasteiger partial charge in [0.25, 0.3) is 0 Å². The molecular weight excluding hydrogens is 284 g/mol. The second kappa shape index (κ2) is 6.99. The van der Waals surface area contributed by atoms with Gasteiger partial charge in [0.2, 0.25) is 0 Å². The van der Waals surface area contributed by atoms with Gasteiger partial charge >= 0.3 is 0 Å². The largest absolute Gasteiger partial charge is 0.497 e. The van der Waals surface area contributed by atoms with Crippen LogP contribution >= 0.6 is 11.6 Å². The lowest BCUT2D eigenvalue weighted by Gasteiger charge is -2.09. The Labute approximate surface area is 131 Å². The number of unbranched alkanes of at least 4 members (excludes halogenated alkanes) is 1. The van der Waals surface area contributed by atoms with E-state index in [0.717, 1.165) is 30.0 Å². The van der Waals surface area contributed by atoms with Crippen LogP contribution in [0.15, 0.2) is 18.2 Å². The molecule has 0 atom stereocenters. The molecule has 3 nitrogen and oxygen atoms in total. The highest BCUT2D eigenvalue weighted by Crippen LogP contribution is 2.32. The summed E-state index contributed by atoms with van der Waals surface area (Å²) in [5, 5.41) is 0.673. The number of aromatic nitrogens is 2. The van der Waals surface area contributed by atoms with E-state index < -0.39 is 0 Å². The molecule has 0 unspecified atom stereocenters. The third-order valence-corrected chi connectivity index (χ3v) is 4.13. The highest BCUT2D eigenvalue weighted by molar-refractivity contribution is 6.33. The first kappa shape index (κ1) is 15.9. The standard InChI is InChI=1S/C17H23ClN2O/c1-5-7-8-16-15(6-2)19-17(20(16)3)13-10-9-12(21-4)11-14(13)18/h9-11H,5-8H2,1-4H3. The smallest absolute Gasteiger partial charge is 0.141 e. The van der Waals surface area contributed by atoms with Crippen molar-refractivity contribution in [2.75, 3.05) is 7.11 Å². The second-order valence-corrected chi connectivity index (χ2v) is 5.60. The highest BCUT2D eigenvalue weighted by Gasteiger charge is 2.16. The van der Waals surface area contributed by atoms with Gasteiger partial charge < -0.3 is 9.30 Å². The van der Waals surface area contributed by atoms with Gasteiger partial charge in [-0.3, -0.25) is 0 Å². The third-order valence-electron chi connectivity index (χ3n) is 3.82. The van der Waals surface area contributed by atoms with Crippen LogP contribution in [-0.2, 0) is 19.9 Å². The van der Waals surface area contributed by atoms with E-state index in [1.54, 1.807) is 7.11 Å². The molecule has 0 spiro atoms. The maximum atomic E-state index is 6.39. The number of rotatable bonds is 6. The molecule has 0 amide bonds. The maximum absolute atomic E-state index is 6.39. The van der Waals surface area contributed by atoms with E-state index in [1.165, 1.54) is 24.2 Å². The second-order valence-electron chi connectivity index (χ2n) is 5.19. The lowest BCUT2D eigenvalue weighted by Crippen LogP contribution is -2.01. The van der Waals surface area contributed by atoms with Gasteiger partial charge in [-0.25, -0.2) is 4.98 Å². The Morgan fingerprint density at radius 2 is 2.05 bits per heavy atom. The van der Waals surface area contributed by atoms with Crippen molar-refractivity contribution in [1.82, 2.24) is 9.55 Å². The Morgan fingerprint density at radius 1 is 1.29 bits per heavy atom. The fraction of sp³-hybridized carbons (Fsp3) is 0.471. The minimum Gasteiger partial charge on any atom is -0.497 e. The van der Waals surface area contributed by atoms with E-state index in [1.807, 2.05) is 18.2 Å². The summed E-state index contributed by atoms with van der Waals surface area (Å²) in [7, 11) is 3.72. The van der Waals surface area contributed by atoms with E-state index in [0.29, 0.717) is 5.02 Å². The molecule has 2 rings (SSSR count). The zero-order valence-electron chi connectivity index (χ0n) is 13.2. The monoisotopic (exact) mass is 306 g/mol. The topological polar surface area (TPSA) is 27.1 Å². The molecule has 4 heteroatoms. The Hall–Kier alpha value is -1.48. The summed E-state index contributed by atoms with van der Waals surface area (Å²) in [6.07, 6.45) is 4.38. The number of imidazole rings is 1. The summed E-state index contributed by atoms with van der Waals surface area (Å²) < 4.78 is 7.39. The van der Waals surface area contributed by atoms with E-state index in [4.69, 9.17) is 21.3 Å². The predicted molar refractivity (Wildman–Crippen MR) is 88.2 cm³/mol. The summed E-state index contributed by atoms with van der Waals surface area (Å²) in [5.41, 5.74) is 3.45. The van der Waals surface area contributed by atoms with Crippen molar-refractivity contribution in [2.24, 2.45) is 7.05 Å². The summed E-state index contributed by atoms with van der Waals surface area (Å²) >= 11 is 6.39. The minimum atomic E-state index is 0.673. The average Bonchev–Trinajstić information content (AvgIpc) is 2.81. The van der Waals surface area contributed by atoms with Crippen LogP contribution in [0.2, 0.25) is 5.02 Å². The maximum Gasteiger partial charge on any atom is 0.141 e. The van der Waals surface area contributed by atoms with Crippen LogP contribution in [0.3, 0.4) is 0 Å². The predicted octanol–water partition coefficient (Wildman–Crippen LogP) is 4.65. The molecule has 0 aliphatic rings. The zero-order chi connectivity index (χ0) is 15.4. The van der Waals surface area contributed by atoms with Crippen molar-refractivity contribution in [3.8, 4) is 17.1 Å². The molecule has 0 bridgehead atoms. The summed E-state index contributed by atoms with van der Waals surface area (Å²) in [4.78, 5) is 4.81. The van der Waals surface area contributed by atoms with Gasteiger partial charge in [-0.2, -0.15) is 0 Å². The van der Waals surface area contributed by atoms with Crippen LogP contribution in [0.5, 0.6) is 5.75 Å². The van der Waals surface area contributed by atoms with Crippen LogP contribution in [0.25, 0.3) is 11.4 Å². The van der Waals surface area contributed by atoms with Gasteiger partial charge in [-0.05, 0) is 37.5 Å². The summed E-state index contributed by atoms with van der Waals surface area (Å²) in [6.45, 7) is 4.36. The Balaban J connectivity index is 2.46. The molecule has 0 radical (unpaired) electrons. The first-order valence-electron chi connectivity index (χ1n) is 7.50. The Bertz CT molecular complexity index is 619. The minimum absolute atomic E-state index is 0.673. The molecule has 0 N–H and O–H groups in total. The fourth-order valence-corrected chi connectivity index (χ4v) is 2.83. The van der Waals surface area contributed by atoms with Gasteiger partial charge in [0.05, 0.1) is 17.8 Å². The van der Waals surface area contributed by atoms with E-state index in [2.05, 4.69) is 25.5 Å². The molecular formula is C17H23ClN2O. The first-order chi connectivity index (χ1) is 10.1. The van der Waals surface area contributed by atoms with Crippen LogP contribution in [0.1, 0.15) is 38.1 Å². The SMILES string of the molecule is CCCCc1c(CC)nc(-c2ccc(OC)cc2Cl)n1C. The van der Waals surface area contributed by atoms with Crippen molar-refractivity contribution >= 4 is 11.6 Å². The molecule has 1 aromatic carbocycles. The third kappa shape index (κ3) is 3.24. The molecule has 1 heterocycles. The molecule has 0 saturated carbocycles. The summed E-state index contributed by atoms with van der Waals surface area (Å²) in [6, 6.07) is 5.74. The van der Waals surface area contributed by atoms with E-state index in [-0.39, 0.29) is 0 Å². The number of nitrogens with zero attached hydrogens (tertiary/aromatic N) is 2. The average molecular weight is 307 g/mol. The number of methoxy groups -OCH3 is 1. The highest BCUT2D eigenvalue weighted by atomic mass is 35.5. The van der Waals surface area contributed by atoms with E-state index >= 15 is 0 Å².